The quantitative estimate of drug-likeness (QED) is 0.0752. The molecule has 12 nitrogen and oxygen atoms in total. The number of rotatable bonds is 14. The lowest BCUT2D eigenvalue weighted by molar-refractivity contribution is 1.06. The second-order valence-corrected chi connectivity index (χ2v) is 34.2. The number of aromatic nitrogens is 12. The summed E-state index contributed by atoms with van der Waals surface area (Å²) in [5.74, 6) is 5.58. The number of nitrogens with zero attached hydrogens (tertiary/aromatic N) is 12. The first-order chi connectivity index (χ1) is 68.3. The largest absolute Gasteiger partial charge is 0.247 e. The van der Waals surface area contributed by atoms with Crippen molar-refractivity contribution in [3.63, 3.8) is 0 Å². The molecule has 0 aliphatic carbocycles. The fourth-order valence-corrected chi connectivity index (χ4v) is 18.4. The number of hydrogen-bond acceptors (Lipinski definition) is 12. The van der Waals surface area contributed by atoms with Crippen LogP contribution in [-0.4, -0.2) is 59.8 Å². The number of para-hydroxylation sites is 1. The highest BCUT2D eigenvalue weighted by molar-refractivity contribution is 6.18. The zero-order valence-electron chi connectivity index (χ0n) is 74.6. The monoisotopic (exact) mass is 1760 g/mol. The summed E-state index contributed by atoms with van der Waals surface area (Å²) in [5.41, 5.74) is 22.0. The van der Waals surface area contributed by atoms with Crippen LogP contribution < -0.4 is 0 Å². The zero-order chi connectivity index (χ0) is 91.6. The van der Waals surface area contributed by atoms with Crippen molar-refractivity contribution in [2.24, 2.45) is 0 Å². The van der Waals surface area contributed by atoms with E-state index in [0.717, 1.165) is 133 Å². The molecule has 26 rings (SSSR count). The van der Waals surface area contributed by atoms with Crippen molar-refractivity contribution >= 4 is 97.3 Å². The molecule has 0 bridgehead atoms. The molecular weight excluding hydrogens is 1680 g/mol. The number of benzene rings is 20. The lowest BCUT2D eigenvalue weighted by Crippen LogP contribution is -2.01. The molecule has 0 spiro atoms. The normalized spacial score (nSPS) is 11.3. The first kappa shape index (κ1) is 82.4. The second-order valence-electron chi connectivity index (χ2n) is 34.2. The molecule has 644 valence electrons. The Morgan fingerprint density at radius 1 is 0.109 bits per heavy atom. The highest BCUT2D eigenvalue weighted by Crippen LogP contribution is 2.42. The number of hydrogen-bond donors (Lipinski definition) is 0. The number of pyridine rings is 3. The van der Waals surface area contributed by atoms with E-state index < -0.39 is 0 Å². The predicted molar refractivity (Wildman–Crippen MR) is 567 cm³/mol. The van der Waals surface area contributed by atoms with Gasteiger partial charge >= 0.3 is 0 Å². The zero-order valence-corrected chi connectivity index (χ0v) is 74.6. The highest BCUT2D eigenvalue weighted by atomic mass is 15.1. The minimum atomic E-state index is 0.547. The van der Waals surface area contributed by atoms with Crippen LogP contribution in [0, 0.1) is 0 Å². The summed E-state index contributed by atoms with van der Waals surface area (Å²) in [6.45, 7) is 0. The van der Waals surface area contributed by atoms with Crippen molar-refractivity contribution in [3.05, 3.63) is 485 Å². The van der Waals surface area contributed by atoms with Gasteiger partial charge in [-0.2, -0.15) is 0 Å². The molecule has 0 atom stereocenters. The molecule has 0 saturated carbocycles. The third kappa shape index (κ3) is 16.6. The molecule has 138 heavy (non-hydrogen) atoms. The highest BCUT2D eigenvalue weighted by Gasteiger charge is 2.22. The van der Waals surface area contributed by atoms with E-state index in [1.807, 2.05) is 121 Å². The smallest absolute Gasteiger partial charge is 0.182 e. The fraction of sp³-hybridized carbons (Fsp3) is 0. The molecule has 0 fully saturated rings. The van der Waals surface area contributed by atoms with Crippen LogP contribution in [0.4, 0.5) is 0 Å². The topological polar surface area (TPSA) is 155 Å². The maximum Gasteiger partial charge on any atom is 0.182 e. The summed E-state index contributed by atoms with van der Waals surface area (Å²) in [6.07, 6.45) is 0. The molecule has 0 aliphatic rings. The predicted octanol–water partition coefficient (Wildman–Crippen LogP) is 31.5. The van der Waals surface area contributed by atoms with Gasteiger partial charge in [-0.25, -0.2) is 59.8 Å². The van der Waals surface area contributed by atoms with Gasteiger partial charge in [0.05, 0.1) is 27.9 Å². The molecule has 20 aromatic carbocycles. The van der Waals surface area contributed by atoms with E-state index in [9.17, 15) is 0 Å². The summed E-state index contributed by atoms with van der Waals surface area (Å²) >= 11 is 0. The molecule has 0 aliphatic heterocycles. The van der Waals surface area contributed by atoms with Crippen molar-refractivity contribution < 1.29 is 0 Å². The summed E-state index contributed by atoms with van der Waals surface area (Å²) in [6, 6.07) is 167. The van der Waals surface area contributed by atoms with E-state index in [1.54, 1.807) is 0 Å². The molecule has 12 heteroatoms. The number of fused-ring (bicyclic) bond motifs is 13. The van der Waals surface area contributed by atoms with E-state index in [0.29, 0.717) is 58.1 Å². The van der Waals surface area contributed by atoms with Crippen LogP contribution >= 0.6 is 0 Å². The third-order valence-corrected chi connectivity index (χ3v) is 25.5. The summed E-state index contributed by atoms with van der Waals surface area (Å²) in [5, 5.41) is 17.6. The minimum Gasteiger partial charge on any atom is -0.247 e. The van der Waals surface area contributed by atoms with Crippen LogP contribution in [0.15, 0.2) is 485 Å². The van der Waals surface area contributed by atoms with Gasteiger partial charge in [-0.05, 0) is 118 Å². The van der Waals surface area contributed by atoms with Gasteiger partial charge in [-0.15, -0.1) is 0 Å². The Morgan fingerprint density at radius 2 is 0.370 bits per heavy atom. The molecular formula is C126H80N12. The van der Waals surface area contributed by atoms with E-state index in [1.165, 1.54) is 65.2 Å². The Hall–Kier alpha value is -18.8. The van der Waals surface area contributed by atoms with Crippen LogP contribution in [0.1, 0.15) is 0 Å². The Bertz CT molecular complexity index is 9060. The van der Waals surface area contributed by atoms with Gasteiger partial charge in [0.25, 0.3) is 0 Å². The van der Waals surface area contributed by atoms with Gasteiger partial charge in [-0.1, -0.05) is 449 Å². The van der Waals surface area contributed by atoms with Crippen LogP contribution in [0.5, 0.6) is 0 Å². The molecule has 0 unspecified atom stereocenters. The standard InChI is InChI=1S/2C44H28N4.C38H24N4/c1-3-11-29(12-4-1)30-19-23-33(24-20-30)43-46-42(32-13-5-2-6-14-32)47-44(48-43)34-25-21-31(22-26-34)41-39-28-36-16-8-7-15-35(36)27-38(39)37-17-9-10-18-40(37)45-41;1-3-11-29(12-4-1)30-19-23-33(24-20-30)43-46-42(32-13-5-2-6-14-32)47-44(48-43)34-25-21-31(22-26-34)41-38-18-10-9-17-37(38)39-27-35-15-7-8-16-36(35)28-40(39)45-41;1-3-9-25(10-4-1)26-15-17-30(18-16-26)37-40-36(29-12-5-2-6-13-29)41-38(42-37)34-24-21-28-20-22-32-31-14-8-7-11-27(31)19-23-33(32)35(28)39-34/h2*1-28H;1-24H. The SMILES string of the molecule is c1ccc(-c2ccc(-c3nc(-c4ccccc4)nc(-c4ccc(-c5nc6cc7ccccc7cc6c6ccccc56)cc4)n3)cc2)cc1.c1ccc(-c2ccc(-c3nc(-c4ccccc4)nc(-c4ccc(-c5nc6ccccc6c6cc7ccccc7cc56)cc4)n3)cc2)cc1.c1ccc(-c2ccc(-c3nc(-c4ccccc4)nc(-c4ccc5ccc6c7ccccc7ccc6c5n4)n3)cc2)cc1. The van der Waals surface area contributed by atoms with Crippen molar-refractivity contribution in [1.29, 1.82) is 0 Å². The van der Waals surface area contributed by atoms with E-state index >= 15 is 0 Å². The van der Waals surface area contributed by atoms with E-state index in [2.05, 4.69) is 364 Å². The molecule has 0 radical (unpaired) electrons. The van der Waals surface area contributed by atoms with Crippen molar-refractivity contribution in [1.82, 2.24) is 59.8 Å². The fourth-order valence-electron chi connectivity index (χ4n) is 18.4. The second kappa shape index (κ2) is 36.4. The molecule has 6 aromatic heterocycles. The van der Waals surface area contributed by atoms with E-state index in [4.69, 9.17) is 59.8 Å². The Morgan fingerprint density at radius 3 is 0.790 bits per heavy atom. The van der Waals surface area contributed by atoms with Crippen molar-refractivity contribution in [2.75, 3.05) is 0 Å². The van der Waals surface area contributed by atoms with E-state index in [-0.39, 0.29) is 0 Å². The molecule has 0 saturated heterocycles. The van der Waals surface area contributed by atoms with Gasteiger partial charge in [0.1, 0.15) is 5.69 Å². The van der Waals surface area contributed by atoms with Gasteiger partial charge in [-0.3, -0.25) is 0 Å². The minimum absolute atomic E-state index is 0.547. The van der Waals surface area contributed by atoms with Gasteiger partial charge in [0, 0.05) is 88.0 Å². The Labute approximate surface area is 795 Å². The van der Waals surface area contributed by atoms with Gasteiger partial charge in [0.2, 0.25) is 0 Å². The molecule has 0 N–H and O–H groups in total. The average Bonchev–Trinajstić information content (AvgIpc) is 0.754. The first-order valence-corrected chi connectivity index (χ1v) is 46.1. The maximum atomic E-state index is 5.22. The summed E-state index contributed by atoms with van der Waals surface area (Å²) < 4.78 is 0. The van der Waals surface area contributed by atoms with Crippen LogP contribution in [0.3, 0.4) is 0 Å². The lowest BCUT2D eigenvalue weighted by atomic mass is 9.96. The van der Waals surface area contributed by atoms with Gasteiger partial charge in [0.15, 0.2) is 52.4 Å². The molecule has 26 aromatic rings. The third-order valence-electron chi connectivity index (χ3n) is 25.5. The lowest BCUT2D eigenvalue weighted by Gasteiger charge is -2.12. The summed E-state index contributed by atoms with van der Waals surface area (Å²) in [7, 11) is 0. The van der Waals surface area contributed by atoms with Crippen LogP contribution in [0.2, 0.25) is 0 Å². The van der Waals surface area contributed by atoms with Gasteiger partial charge < -0.3 is 0 Å². The Balaban J connectivity index is 0.000000113. The van der Waals surface area contributed by atoms with Crippen LogP contribution in [0.25, 0.3) is 256 Å². The average molecular weight is 1760 g/mol. The van der Waals surface area contributed by atoms with Crippen LogP contribution in [-0.2, 0) is 0 Å². The first-order valence-electron chi connectivity index (χ1n) is 46.1. The molecule has 0 amide bonds. The molecule has 6 heterocycles. The summed E-state index contributed by atoms with van der Waals surface area (Å²) in [4.78, 5) is 60.0. The Kier molecular flexibility index (Phi) is 21.7. The van der Waals surface area contributed by atoms with Crippen molar-refractivity contribution in [3.8, 4) is 159 Å². The maximum absolute atomic E-state index is 5.22. The van der Waals surface area contributed by atoms with Crippen molar-refractivity contribution in [2.45, 2.75) is 0 Å².